The maximum atomic E-state index is 12.5. The molecule has 154 valence electrons. The second-order valence-electron chi connectivity index (χ2n) is 7.02. The number of benzene rings is 1. The number of piperazine rings is 1. The van der Waals surface area contributed by atoms with Gasteiger partial charge in [0.15, 0.2) is 0 Å². The fourth-order valence-electron chi connectivity index (χ4n) is 3.27. The first-order valence-corrected chi connectivity index (χ1v) is 11.0. The lowest BCUT2D eigenvalue weighted by Gasteiger charge is -2.32. The van der Waals surface area contributed by atoms with Gasteiger partial charge in [0.2, 0.25) is 15.9 Å². The standard InChI is InChI=1S/C21H26N4O3S/c1-17-20(18(2)23(3)22-17)9-10-21(26)24-12-14-25(15-13-24)29(27,28)16-11-19-7-5-4-6-8-19/h4-11,16H,12-15H2,1-3H3/b10-9+,16-11+. The molecule has 0 spiro atoms. The normalized spacial score (nSPS) is 16.2. The molecule has 0 atom stereocenters. The van der Waals surface area contributed by atoms with Crippen molar-refractivity contribution in [2.24, 2.45) is 7.05 Å². The van der Waals surface area contributed by atoms with E-state index in [1.807, 2.05) is 51.2 Å². The summed E-state index contributed by atoms with van der Waals surface area (Å²) >= 11 is 0. The summed E-state index contributed by atoms with van der Waals surface area (Å²) in [6.45, 7) is 5.16. The highest BCUT2D eigenvalue weighted by atomic mass is 32.2. The van der Waals surface area contributed by atoms with E-state index in [9.17, 15) is 13.2 Å². The lowest BCUT2D eigenvalue weighted by Crippen LogP contribution is -2.49. The molecule has 2 heterocycles. The maximum Gasteiger partial charge on any atom is 0.246 e. The van der Waals surface area contributed by atoms with Crippen LogP contribution in [0.4, 0.5) is 0 Å². The quantitative estimate of drug-likeness (QED) is 0.703. The number of aromatic nitrogens is 2. The molecule has 0 N–H and O–H groups in total. The summed E-state index contributed by atoms with van der Waals surface area (Å²) in [5, 5.41) is 5.57. The SMILES string of the molecule is Cc1nn(C)c(C)c1/C=C/C(=O)N1CCN(S(=O)(=O)/C=C/c2ccccc2)CC1. The third-order valence-corrected chi connectivity index (χ3v) is 6.66. The van der Waals surface area contributed by atoms with Crippen molar-refractivity contribution in [3.05, 3.63) is 64.3 Å². The molecule has 0 unspecified atom stereocenters. The molecule has 1 aliphatic rings. The molecule has 0 saturated carbocycles. The molecule has 1 aliphatic heterocycles. The minimum absolute atomic E-state index is 0.121. The lowest BCUT2D eigenvalue weighted by molar-refractivity contribution is -0.127. The van der Waals surface area contributed by atoms with Gasteiger partial charge in [0.25, 0.3) is 0 Å². The van der Waals surface area contributed by atoms with Gasteiger partial charge in [-0.15, -0.1) is 0 Å². The van der Waals surface area contributed by atoms with Gasteiger partial charge in [0.1, 0.15) is 0 Å². The predicted octanol–water partition coefficient (Wildman–Crippen LogP) is 2.20. The van der Waals surface area contributed by atoms with Gasteiger partial charge in [-0.1, -0.05) is 30.3 Å². The zero-order chi connectivity index (χ0) is 21.0. The van der Waals surface area contributed by atoms with Crippen LogP contribution in [0.2, 0.25) is 0 Å². The second kappa shape index (κ2) is 8.75. The van der Waals surface area contributed by atoms with E-state index in [1.54, 1.807) is 21.7 Å². The number of rotatable bonds is 5. The molecule has 1 aromatic carbocycles. The molecule has 7 nitrogen and oxygen atoms in total. The van der Waals surface area contributed by atoms with E-state index < -0.39 is 10.0 Å². The molecule has 1 amide bonds. The van der Waals surface area contributed by atoms with Crippen molar-refractivity contribution in [1.82, 2.24) is 19.0 Å². The second-order valence-corrected chi connectivity index (χ2v) is 8.84. The van der Waals surface area contributed by atoms with Crippen LogP contribution in [0.25, 0.3) is 12.2 Å². The highest BCUT2D eigenvalue weighted by molar-refractivity contribution is 7.92. The van der Waals surface area contributed by atoms with Crippen LogP contribution in [0.1, 0.15) is 22.5 Å². The molecule has 1 aromatic heterocycles. The van der Waals surface area contributed by atoms with Gasteiger partial charge in [-0.05, 0) is 31.6 Å². The topological polar surface area (TPSA) is 75.5 Å². The van der Waals surface area contributed by atoms with Gasteiger partial charge in [0, 0.05) is 56.0 Å². The Morgan fingerprint density at radius 2 is 1.69 bits per heavy atom. The molecular formula is C21H26N4O3S. The van der Waals surface area contributed by atoms with Crippen LogP contribution in [-0.2, 0) is 21.9 Å². The summed E-state index contributed by atoms with van der Waals surface area (Å²) in [4.78, 5) is 14.2. The van der Waals surface area contributed by atoms with Crippen molar-refractivity contribution in [3.8, 4) is 0 Å². The molecule has 0 aliphatic carbocycles. The Labute approximate surface area is 172 Å². The zero-order valence-electron chi connectivity index (χ0n) is 16.9. The van der Waals surface area contributed by atoms with Gasteiger partial charge in [-0.2, -0.15) is 9.40 Å². The van der Waals surface area contributed by atoms with Crippen LogP contribution in [-0.4, -0.2) is 59.5 Å². The number of nitrogens with zero attached hydrogens (tertiary/aromatic N) is 4. The molecular weight excluding hydrogens is 388 g/mol. The molecule has 0 bridgehead atoms. The average Bonchev–Trinajstić information content (AvgIpc) is 2.97. The number of carbonyl (C=O) groups excluding carboxylic acids is 1. The van der Waals surface area contributed by atoms with E-state index in [2.05, 4.69) is 5.10 Å². The van der Waals surface area contributed by atoms with Gasteiger partial charge in [-0.25, -0.2) is 8.42 Å². The van der Waals surface area contributed by atoms with Crippen LogP contribution in [0.15, 0.2) is 41.8 Å². The van der Waals surface area contributed by atoms with E-state index in [-0.39, 0.29) is 19.0 Å². The molecule has 1 saturated heterocycles. The third kappa shape index (κ3) is 5.02. The molecule has 0 radical (unpaired) electrons. The molecule has 3 rings (SSSR count). The highest BCUT2D eigenvalue weighted by Crippen LogP contribution is 2.15. The van der Waals surface area contributed by atoms with Crippen molar-refractivity contribution in [2.75, 3.05) is 26.2 Å². The van der Waals surface area contributed by atoms with Crippen molar-refractivity contribution in [3.63, 3.8) is 0 Å². The van der Waals surface area contributed by atoms with Gasteiger partial charge >= 0.3 is 0 Å². The van der Waals surface area contributed by atoms with E-state index in [0.717, 1.165) is 22.5 Å². The van der Waals surface area contributed by atoms with E-state index in [1.165, 1.54) is 15.8 Å². The fraction of sp³-hybridized carbons (Fsp3) is 0.333. The number of aryl methyl sites for hydroxylation is 2. The Morgan fingerprint density at radius 3 is 2.28 bits per heavy atom. The van der Waals surface area contributed by atoms with Gasteiger partial charge in [0.05, 0.1) is 5.69 Å². The number of carbonyl (C=O) groups is 1. The molecule has 2 aromatic rings. The largest absolute Gasteiger partial charge is 0.337 e. The minimum Gasteiger partial charge on any atom is -0.337 e. The number of sulfonamides is 1. The van der Waals surface area contributed by atoms with Crippen molar-refractivity contribution in [1.29, 1.82) is 0 Å². The maximum absolute atomic E-state index is 12.5. The third-order valence-electron chi connectivity index (χ3n) is 5.10. The predicted molar refractivity (Wildman–Crippen MR) is 114 cm³/mol. The smallest absolute Gasteiger partial charge is 0.246 e. The first kappa shape index (κ1) is 21.0. The zero-order valence-corrected chi connectivity index (χ0v) is 17.8. The van der Waals surface area contributed by atoms with Crippen molar-refractivity contribution < 1.29 is 13.2 Å². The fourth-order valence-corrected chi connectivity index (χ4v) is 4.44. The Morgan fingerprint density at radius 1 is 1.03 bits per heavy atom. The van der Waals surface area contributed by atoms with E-state index in [0.29, 0.717) is 13.1 Å². The Hall–Kier alpha value is -2.71. The Balaban J connectivity index is 1.59. The van der Waals surface area contributed by atoms with Gasteiger partial charge < -0.3 is 4.90 Å². The van der Waals surface area contributed by atoms with Gasteiger partial charge in [-0.3, -0.25) is 9.48 Å². The highest BCUT2D eigenvalue weighted by Gasteiger charge is 2.26. The monoisotopic (exact) mass is 414 g/mol. The van der Waals surface area contributed by atoms with Crippen LogP contribution < -0.4 is 0 Å². The summed E-state index contributed by atoms with van der Waals surface area (Å²) < 4.78 is 28.3. The number of amides is 1. The summed E-state index contributed by atoms with van der Waals surface area (Å²) in [5.74, 6) is -0.121. The van der Waals surface area contributed by atoms with Crippen molar-refractivity contribution >= 4 is 28.1 Å². The summed E-state index contributed by atoms with van der Waals surface area (Å²) in [7, 11) is -1.64. The number of hydrogen-bond donors (Lipinski definition) is 0. The lowest BCUT2D eigenvalue weighted by atomic mass is 10.2. The van der Waals surface area contributed by atoms with E-state index >= 15 is 0 Å². The van der Waals surface area contributed by atoms with Crippen LogP contribution in [0.5, 0.6) is 0 Å². The summed E-state index contributed by atoms with van der Waals surface area (Å²) in [6.07, 6.45) is 4.91. The number of hydrogen-bond acceptors (Lipinski definition) is 4. The van der Waals surface area contributed by atoms with Crippen LogP contribution >= 0.6 is 0 Å². The first-order chi connectivity index (χ1) is 13.8. The molecule has 29 heavy (non-hydrogen) atoms. The molecule has 1 fully saturated rings. The first-order valence-electron chi connectivity index (χ1n) is 9.48. The average molecular weight is 415 g/mol. The van der Waals surface area contributed by atoms with Crippen LogP contribution in [0, 0.1) is 13.8 Å². The Bertz CT molecular complexity index is 1030. The van der Waals surface area contributed by atoms with Crippen LogP contribution in [0.3, 0.4) is 0 Å². The van der Waals surface area contributed by atoms with E-state index in [4.69, 9.17) is 0 Å². The summed E-state index contributed by atoms with van der Waals surface area (Å²) in [6, 6.07) is 9.30. The van der Waals surface area contributed by atoms with Crippen molar-refractivity contribution in [2.45, 2.75) is 13.8 Å². The Kier molecular flexibility index (Phi) is 6.34. The summed E-state index contributed by atoms with van der Waals surface area (Å²) in [5.41, 5.74) is 3.63. The molecule has 8 heteroatoms. The minimum atomic E-state index is -3.51.